The Kier molecular flexibility index (Phi) is 9.14. The van der Waals surface area contributed by atoms with Crippen molar-refractivity contribution in [3.8, 4) is 0 Å². The number of nitrogens with one attached hydrogen (secondary N) is 2. The lowest BCUT2D eigenvalue weighted by molar-refractivity contribution is -0.136. The first kappa shape index (κ1) is 28.8. The van der Waals surface area contributed by atoms with Crippen molar-refractivity contribution in [1.82, 2.24) is 4.90 Å². The monoisotopic (exact) mass is 579 g/mol. The minimum absolute atomic E-state index is 0.0306. The molecule has 2 N–H and O–H groups in total. The molecule has 4 aromatic carbocycles. The van der Waals surface area contributed by atoms with E-state index in [0.29, 0.717) is 24.3 Å². The van der Waals surface area contributed by atoms with Crippen molar-refractivity contribution in [2.75, 3.05) is 16.6 Å². The zero-order chi connectivity index (χ0) is 29.4. The number of hydrogen-bond donors (Lipinski definition) is 2. The Morgan fingerprint density at radius 3 is 1.88 bits per heavy atom. The van der Waals surface area contributed by atoms with Gasteiger partial charge in [0.1, 0.15) is 6.04 Å². The van der Waals surface area contributed by atoms with E-state index >= 15 is 0 Å². The molecule has 0 spiro atoms. The Balaban J connectivity index is 1.13. The molecule has 1 aliphatic heterocycles. The number of likely N-dealkylation sites (tertiary alicyclic amines) is 1. The lowest BCUT2D eigenvalue weighted by Gasteiger charge is -2.24. The second-order valence-electron chi connectivity index (χ2n) is 10.3. The van der Waals surface area contributed by atoms with Crippen LogP contribution in [0.15, 0.2) is 109 Å². The predicted molar refractivity (Wildman–Crippen MR) is 168 cm³/mol. The maximum absolute atomic E-state index is 13.0. The van der Waals surface area contributed by atoms with Gasteiger partial charge in [0.05, 0.1) is 12.2 Å². The number of hydrogen-bond acceptors (Lipinski definition) is 4. The van der Waals surface area contributed by atoms with Crippen LogP contribution < -0.4 is 10.0 Å². The molecule has 2 amide bonds. The summed E-state index contributed by atoms with van der Waals surface area (Å²) in [5, 5.41) is 2.96. The summed E-state index contributed by atoms with van der Waals surface area (Å²) in [5.41, 5.74) is 4.71. The van der Waals surface area contributed by atoms with Gasteiger partial charge < -0.3 is 10.2 Å². The first-order valence-electron chi connectivity index (χ1n) is 13.9. The molecule has 0 aliphatic carbocycles. The van der Waals surface area contributed by atoms with Crippen LogP contribution in [0.3, 0.4) is 0 Å². The van der Waals surface area contributed by atoms with Crippen LogP contribution in [0.4, 0.5) is 11.4 Å². The molecule has 0 radical (unpaired) electrons. The van der Waals surface area contributed by atoms with E-state index in [0.717, 1.165) is 28.7 Å². The smallest absolute Gasteiger partial charge is 0.247 e. The molecule has 0 aromatic heterocycles. The number of sulfonamides is 1. The van der Waals surface area contributed by atoms with Crippen molar-refractivity contribution < 1.29 is 18.0 Å². The van der Waals surface area contributed by atoms with Crippen LogP contribution in [0, 0.1) is 0 Å². The molecule has 8 heteroatoms. The van der Waals surface area contributed by atoms with Gasteiger partial charge in [0.15, 0.2) is 0 Å². The van der Waals surface area contributed by atoms with Crippen molar-refractivity contribution in [3.05, 3.63) is 131 Å². The summed E-state index contributed by atoms with van der Waals surface area (Å²) in [7, 11) is -3.51. The third kappa shape index (κ3) is 7.95. The number of carbonyl (C=O) groups is 2. The van der Waals surface area contributed by atoms with E-state index in [4.69, 9.17) is 0 Å². The summed E-state index contributed by atoms with van der Waals surface area (Å²) in [6, 6.07) is 32.8. The first-order valence-corrected chi connectivity index (χ1v) is 15.6. The van der Waals surface area contributed by atoms with Gasteiger partial charge in [-0.2, -0.15) is 0 Å². The molecule has 5 rings (SSSR count). The fraction of sp³-hybridized carbons (Fsp3) is 0.176. The molecule has 4 aromatic rings. The van der Waals surface area contributed by atoms with E-state index in [-0.39, 0.29) is 24.0 Å². The third-order valence-corrected chi connectivity index (χ3v) is 8.36. The Labute approximate surface area is 247 Å². The number of nitrogens with zero attached hydrogens (tertiary/aromatic N) is 1. The van der Waals surface area contributed by atoms with E-state index in [9.17, 15) is 18.0 Å². The van der Waals surface area contributed by atoms with E-state index in [1.54, 1.807) is 29.2 Å². The zero-order valence-corrected chi connectivity index (χ0v) is 24.0. The van der Waals surface area contributed by atoms with Crippen LogP contribution in [0.1, 0.15) is 35.1 Å². The zero-order valence-electron chi connectivity index (χ0n) is 23.1. The van der Waals surface area contributed by atoms with E-state index in [2.05, 4.69) is 10.0 Å². The maximum atomic E-state index is 13.0. The van der Waals surface area contributed by atoms with Crippen molar-refractivity contribution in [3.63, 3.8) is 0 Å². The molecule has 0 saturated carbocycles. The van der Waals surface area contributed by atoms with Gasteiger partial charge in [0.2, 0.25) is 21.8 Å². The molecule has 42 heavy (non-hydrogen) atoms. The molecule has 1 aliphatic rings. The molecular formula is C34H33N3O4S. The quantitative estimate of drug-likeness (QED) is 0.226. The molecular weight excluding hydrogens is 546 g/mol. The highest BCUT2D eigenvalue weighted by molar-refractivity contribution is 7.91. The molecule has 0 unspecified atom stereocenters. The average Bonchev–Trinajstić information content (AvgIpc) is 3.49. The van der Waals surface area contributed by atoms with Gasteiger partial charge in [-0.05, 0) is 59.4 Å². The average molecular weight is 580 g/mol. The minimum atomic E-state index is -3.51. The maximum Gasteiger partial charge on any atom is 0.247 e. The molecule has 214 valence electrons. The fourth-order valence-corrected chi connectivity index (χ4v) is 6.18. The van der Waals surface area contributed by atoms with Crippen LogP contribution in [0.5, 0.6) is 0 Å². The molecule has 0 bridgehead atoms. The largest absolute Gasteiger partial charge is 0.330 e. The summed E-state index contributed by atoms with van der Waals surface area (Å²) >= 11 is 0. The van der Waals surface area contributed by atoms with Gasteiger partial charge in [-0.3, -0.25) is 14.3 Å². The summed E-state index contributed by atoms with van der Waals surface area (Å²) in [6.45, 7) is 0.591. The van der Waals surface area contributed by atoms with E-state index in [1.165, 1.54) is 0 Å². The normalized spacial score (nSPS) is 15.0. The van der Waals surface area contributed by atoms with Crippen LogP contribution >= 0.6 is 0 Å². The highest BCUT2D eigenvalue weighted by Crippen LogP contribution is 2.22. The van der Waals surface area contributed by atoms with Gasteiger partial charge in [0.25, 0.3) is 0 Å². The fourth-order valence-electron chi connectivity index (χ4n) is 4.98. The topological polar surface area (TPSA) is 95.6 Å². The summed E-state index contributed by atoms with van der Waals surface area (Å²) < 4.78 is 27.6. The van der Waals surface area contributed by atoms with Crippen LogP contribution in [-0.2, 0) is 31.8 Å². The minimum Gasteiger partial charge on any atom is -0.330 e. The Hall–Kier alpha value is -4.69. The number of anilines is 2. The highest BCUT2D eigenvalue weighted by Gasteiger charge is 2.33. The number of rotatable bonds is 10. The van der Waals surface area contributed by atoms with Gasteiger partial charge in [0, 0.05) is 17.9 Å². The number of benzene rings is 4. The first-order chi connectivity index (χ1) is 20.3. The second kappa shape index (κ2) is 13.3. The van der Waals surface area contributed by atoms with Gasteiger partial charge in [-0.15, -0.1) is 0 Å². The van der Waals surface area contributed by atoms with Gasteiger partial charge >= 0.3 is 0 Å². The van der Waals surface area contributed by atoms with Crippen LogP contribution in [-0.4, -0.2) is 37.7 Å². The summed E-state index contributed by atoms with van der Waals surface area (Å²) in [4.78, 5) is 27.6. The predicted octanol–water partition coefficient (Wildman–Crippen LogP) is 5.97. The molecule has 1 atom stereocenters. The van der Waals surface area contributed by atoms with Crippen molar-refractivity contribution in [2.45, 2.75) is 31.1 Å². The van der Waals surface area contributed by atoms with Crippen molar-refractivity contribution in [1.29, 1.82) is 0 Å². The van der Waals surface area contributed by atoms with E-state index in [1.807, 2.05) is 97.1 Å². The Morgan fingerprint density at radius 2 is 1.29 bits per heavy atom. The lowest BCUT2D eigenvalue weighted by Crippen LogP contribution is -2.43. The molecule has 7 nitrogen and oxygen atoms in total. The summed E-state index contributed by atoms with van der Waals surface area (Å²) in [6.07, 6.45) is 5.63. The van der Waals surface area contributed by atoms with Crippen molar-refractivity contribution >= 4 is 45.4 Å². The van der Waals surface area contributed by atoms with E-state index < -0.39 is 16.1 Å². The standard InChI is InChI=1S/C34H33N3O4S/c38-33(24-28-8-3-1-4-9-28)37-23-7-12-32(37)34(39)35-30-19-15-26(16-20-30)13-14-27-17-21-31(22-18-27)36-42(40,41)25-29-10-5-2-6-11-29/h1-6,8-11,13-22,32,36H,7,12,23-25H2,(H,35,39)/t32-/m0/s1. The Morgan fingerprint density at radius 1 is 0.738 bits per heavy atom. The molecule has 1 fully saturated rings. The Bertz CT molecular complexity index is 1640. The van der Waals surface area contributed by atoms with Gasteiger partial charge in [-0.25, -0.2) is 8.42 Å². The van der Waals surface area contributed by atoms with Crippen LogP contribution in [0.2, 0.25) is 0 Å². The number of carbonyl (C=O) groups excluding carboxylic acids is 2. The SMILES string of the molecule is O=C(Nc1ccc(C=Cc2ccc(NS(=O)(=O)Cc3ccccc3)cc2)cc1)[C@@H]1CCCN1C(=O)Cc1ccccc1. The van der Waals surface area contributed by atoms with Crippen LogP contribution in [0.25, 0.3) is 12.2 Å². The number of amides is 2. The van der Waals surface area contributed by atoms with Crippen molar-refractivity contribution in [2.24, 2.45) is 0 Å². The van der Waals surface area contributed by atoms with Gasteiger partial charge in [-0.1, -0.05) is 97.1 Å². The third-order valence-electron chi connectivity index (χ3n) is 7.10. The second-order valence-corrected chi connectivity index (χ2v) is 12.0. The highest BCUT2D eigenvalue weighted by atomic mass is 32.2. The summed E-state index contributed by atoms with van der Waals surface area (Å²) in [5.74, 6) is -0.286. The molecule has 1 saturated heterocycles. The lowest BCUT2D eigenvalue weighted by atomic mass is 10.1. The molecule has 1 heterocycles.